The largest absolute Gasteiger partial charge is 0.511 e. The van der Waals surface area contributed by atoms with Gasteiger partial charge in [0.1, 0.15) is 31.2 Å². The van der Waals surface area contributed by atoms with E-state index >= 15 is 0 Å². The van der Waals surface area contributed by atoms with Crippen LogP contribution in [0.4, 0.5) is 10.5 Å². The van der Waals surface area contributed by atoms with Crippen molar-refractivity contribution < 1.29 is 81.4 Å². The second-order valence-corrected chi connectivity index (χ2v) is 26.3. The number of allylic oxidation sites excluding steroid dienone is 2. The lowest BCUT2D eigenvalue weighted by atomic mass is 9.75. The molecule has 3 aliphatic heterocycles. The maximum absolute atomic E-state index is 13.8. The number of carbonyl (C=O) groups excluding carboxylic acids is 6. The summed E-state index contributed by atoms with van der Waals surface area (Å²) in [5.41, 5.74) is 17.2. The molecule has 9 N–H and O–H groups in total. The van der Waals surface area contributed by atoms with Gasteiger partial charge in [0.15, 0.2) is 5.78 Å². The summed E-state index contributed by atoms with van der Waals surface area (Å²) in [6.07, 6.45) is 4.12. The topological polar surface area (TPSA) is 391 Å². The van der Waals surface area contributed by atoms with Crippen LogP contribution in [-0.4, -0.2) is 238 Å². The number of aromatic carboxylic acids is 1. The molecule has 0 unspecified atom stereocenters. The van der Waals surface area contributed by atoms with Crippen molar-refractivity contribution >= 4 is 75.5 Å². The van der Waals surface area contributed by atoms with Gasteiger partial charge in [0.25, 0.3) is 5.91 Å². The van der Waals surface area contributed by atoms with E-state index in [9.17, 15) is 43.8 Å². The average molecular weight is 1400 g/mol. The number of fused-ring (bicyclic) bond motifs is 3. The first-order valence-corrected chi connectivity index (χ1v) is 34.8. The van der Waals surface area contributed by atoms with Crippen molar-refractivity contribution in [3.63, 3.8) is 0 Å². The molecule has 5 aliphatic rings. The summed E-state index contributed by atoms with van der Waals surface area (Å²) < 4.78 is 47.5. The minimum Gasteiger partial charge on any atom is -0.511 e. The van der Waals surface area contributed by atoms with Gasteiger partial charge in [0.2, 0.25) is 23.1 Å². The Morgan fingerprint density at radius 2 is 1.39 bits per heavy atom. The van der Waals surface area contributed by atoms with Gasteiger partial charge in [0, 0.05) is 140 Å². The van der Waals surface area contributed by atoms with E-state index in [0.717, 1.165) is 30.4 Å². The Hall–Kier alpha value is -8.19. The van der Waals surface area contributed by atoms with Crippen LogP contribution in [0.5, 0.6) is 0 Å². The number of unbranched alkanes of at least 4 members (excludes halogenated alkanes) is 1. The van der Waals surface area contributed by atoms with E-state index in [0.29, 0.717) is 122 Å². The number of nitrogens with two attached hydrogens (primary N) is 1. The Kier molecular flexibility index (Phi) is 32.7. The molecule has 3 heterocycles. The molecule has 2 fully saturated rings. The van der Waals surface area contributed by atoms with E-state index in [1.807, 2.05) is 62.5 Å². The summed E-state index contributed by atoms with van der Waals surface area (Å²) in [6.45, 7) is 8.92. The molecule has 3 atom stereocenters. The van der Waals surface area contributed by atoms with Gasteiger partial charge in [-0.1, -0.05) is 31.4 Å². The highest BCUT2D eigenvalue weighted by atomic mass is 32.2. The quantitative estimate of drug-likeness (QED) is 0.00304. The van der Waals surface area contributed by atoms with Crippen LogP contribution in [0.15, 0.2) is 80.5 Å². The van der Waals surface area contributed by atoms with Crippen molar-refractivity contribution in [1.82, 2.24) is 36.1 Å². The number of thioether (sulfide) groups is 1. The zero-order valence-corrected chi connectivity index (χ0v) is 58.1. The number of Topliss-reactive ketones (excluding diaryl/α,β-unsaturated/α-hetero) is 1. The minimum atomic E-state index is -1.26. The third-order valence-electron chi connectivity index (χ3n) is 16.6. The van der Waals surface area contributed by atoms with Crippen LogP contribution >= 0.6 is 11.8 Å². The Labute approximate surface area is 580 Å². The summed E-state index contributed by atoms with van der Waals surface area (Å²) in [5.74, 6) is -1.38. The average Bonchev–Trinajstić information content (AvgIpc) is 1.33. The standard InChI is InChI=1S/C69H96N12O17S/c1-69(2)43-55(82)64(56(83)44-69)53(18-26-91-30-34-95-38-39-97-35-31-92-27-22-74-60(84)9-6-5-8-59-65-54(45-99-59)77-68(90)78-65)72-19-7-20-73-61(85)17-24-81(25-29-94-33-37-96-36-32-93-28-23-76-79-71)62(86)16-21-75-66(87)46-10-13-49(52(40-46)67(88)89)63-50-14-11-47(70)41-57(50)98-58-42-48(80(3)4)12-15-51(58)63/h10-15,40-42,54,59,65,70H,5-9,16-39,43-45H2,1-4H3,(H7,72,73,74,75,77,78,82,83,84,85,87,88,89,90)/p+1/t54-,59-,65-/m0/s1. The third-order valence-corrected chi connectivity index (χ3v) is 18.1. The number of aliphatic imine (C=N–C) groups is 1. The molecule has 6 amide bonds. The van der Waals surface area contributed by atoms with Crippen molar-refractivity contribution in [2.24, 2.45) is 15.5 Å². The number of azide groups is 1. The van der Waals surface area contributed by atoms with Gasteiger partial charge in [-0.25, -0.2) is 14.2 Å². The molecule has 0 saturated carbocycles. The number of hydrogen-bond donors (Lipinski definition) is 8. The number of nitrogens with zero attached hydrogens (tertiary/aromatic N) is 6. The molecular formula is C69H97N12O17S+. The number of anilines is 1. The molecule has 2 aliphatic carbocycles. The lowest BCUT2D eigenvalue weighted by Crippen LogP contribution is -2.39. The van der Waals surface area contributed by atoms with Crippen LogP contribution in [0.25, 0.3) is 43.9 Å². The fourth-order valence-corrected chi connectivity index (χ4v) is 13.2. The number of nitrogen functional groups attached to an aromatic ring is 1. The van der Waals surface area contributed by atoms with E-state index in [2.05, 4.69) is 36.6 Å². The first kappa shape index (κ1) is 78.2. The Morgan fingerprint density at radius 1 is 0.727 bits per heavy atom. The molecule has 29 nitrogen and oxygen atoms in total. The van der Waals surface area contributed by atoms with Gasteiger partial charge in [-0.2, -0.15) is 11.8 Å². The van der Waals surface area contributed by atoms with Crippen LogP contribution in [-0.2, 0) is 52.3 Å². The van der Waals surface area contributed by atoms with Crippen molar-refractivity contribution in [3.05, 3.63) is 92.9 Å². The number of benzene rings is 3. The highest BCUT2D eigenvalue weighted by molar-refractivity contribution is 8.00. The van der Waals surface area contributed by atoms with E-state index in [1.165, 1.54) is 17.0 Å². The first-order chi connectivity index (χ1) is 47.8. The summed E-state index contributed by atoms with van der Waals surface area (Å²) in [6, 6.07) is 15.5. The number of carbonyl (C=O) groups is 7. The van der Waals surface area contributed by atoms with Crippen molar-refractivity contribution in [1.29, 1.82) is 0 Å². The summed E-state index contributed by atoms with van der Waals surface area (Å²) in [5, 5.41) is 41.4. The number of nitrogens with one attached hydrogen (secondary N) is 5. The molecule has 7 rings (SSSR count). The zero-order chi connectivity index (χ0) is 70.9. The minimum absolute atomic E-state index is 0.00772. The molecule has 2 aromatic rings. The molecule has 0 spiro atoms. The Bertz CT molecular complexity index is 3540. The summed E-state index contributed by atoms with van der Waals surface area (Å²) >= 11 is 1.87. The molecule has 0 radical (unpaired) electrons. The van der Waals surface area contributed by atoms with Crippen LogP contribution in [0, 0.1) is 5.41 Å². The molecule has 30 heteroatoms. The van der Waals surface area contributed by atoms with Gasteiger partial charge >= 0.3 is 12.0 Å². The van der Waals surface area contributed by atoms with Gasteiger partial charge in [0.05, 0.1) is 127 Å². The van der Waals surface area contributed by atoms with Gasteiger partial charge in [-0.05, 0) is 66.1 Å². The number of ketones is 1. The number of carboxylic acids is 1. The van der Waals surface area contributed by atoms with Crippen LogP contribution in [0.1, 0.15) is 98.8 Å². The third kappa shape index (κ3) is 25.8. The zero-order valence-electron chi connectivity index (χ0n) is 57.2. The van der Waals surface area contributed by atoms with Crippen molar-refractivity contribution in [3.8, 4) is 22.5 Å². The Morgan fingerprint density at radius 3 is 2.09 bits per heavy atom. The molecule has 2 aromatic carbocycles. The fourth-order valence-electron chi connectivity index (χ4n) is 11.6. The highest BCUT2D eigenvalue weighted by Gasteiger charge is 2.42. The second-order valence-electron chi connectivity index (χ2n) is 25.0. The van der Waals surface area contributed by atoms with E-state index in [1.54, 1.807) is 24.3 Å². The SMILES string of the molecule is C[N+](C)=c1ccc2c(-c3ccc(C(=O)NCCC(=O)N(CCOCCOCCOCCN=[N+]=[N-])CCC(=O)NCCCN=C(CCOCCOCCOCCOCCNC(=O)CCCC[C@@H]4SC[C@@H]5NC(=O)N[C@@H]54)C4=C(O)CC(C)(C)CC4=O)cc3C(=O)O)c3ccc(N)cc3oc-2c1. The number of aliphatic hydroxyl groups excluding tert-OH is 1. The van der Waals surface area contributed by atoms with E-state index in [-0.39, 0.29) is 175 Å². The van der Waals surface area contributed by atoms with Crippen LogP contribution < -0.4 is 42.3 Å². The second kappa shape index (κ2) is 41.4. The number of amides is 6. The predicted molar refractivity (Wildman–Crippen MR) is 374 cm³/mol. The Balaban J connectivity index is 0.822. The number of aliphatic hydroxyl groups is 1. The first-order valence-electron chi connectivity index (χ1n) is 33.8. The van der Waals surface area contributed by atoms with Gasteiger partial charge in [-0.3, -0.25) is 29.0 Å². The maximum atomic E-state index is 13.8. The van der Waals surface area contributed by atoms with Crippen LogP contribution in [0.2, 0.25) is 0 Å². The monoisotopic (exact) mass is 1400 g/mol. The molecule has 99 heavy (non-hydrogen) atoms. The number of hydrogen-bond acceptors (Lipinski definition) is 20. The molecule has 0 aromatic heterocycles. The summed E-state index contributed by atoms with van der Waals surface area (Å²) in [4.78, 5) is 100.0. The molecule has 540 valence electrons. The van der Waals surface area contributed by atoms with E-state index < -0.39 is 17.3 Å². The van der Waals surface area contributed by atoms with Crippen LogP contribution in [0.3, 0.4) is 0 Å². The van der Waals surface area contributed by atoms with Crippen molar-refractivity contribution in [2.45, 2.75) is 95.4 Å². The number of rotatable bonds is 46. The lowest BCUT2D eigenvalue weighted by molar-refractivity contribution is -0.132. The van der Waals surface area contributed by atoms with Gasteiger partial charge in [-0.15, -0.1) is 0 Å². The van der Waals surface area contributed by atoms with Crippen molar-refractivity contribution in [2.75, 3.05) is 164 Å². The van der Waals surface area contributed by atoms with E-state index in [4.69, 9.17) is 53.8 Å². The maximum Gasteiger partial charge on any atom is 0.336 e. The lowest BCUT2D eigenvalue weighted by Gasteiger charge is -2.30. The fraction of sp³-hybridized carbons (Fsp3) is 0.580. The normalized spacial score (nSPS) is 16.5. The number of carboxylic acid groups (broad SMARTS) is 1. The number of ether oxygens (including phenoxy) is 7. The number of urea groups is 1. The summed E-state index contributed by atoms with van der Waals surface area (Å²) in [7, 11) is 3.79. The molecule has 2 saturated heterocycles. The molecular weight excluding hydrogens is 1300 g/mol. The predicted octanol–water partition coefficient (Wildman–Crippen LogP) is 5.66. The highest BCUT2D eigenvalue weighted by Crippen LogP contribution is 2.42. The molecule has 0 bridgehead atoms. The smallest absolute Gasteiger partial charge is 0.336 e. The van der Waals surface area contributed by atoms with Gasteiger partial charge < -0.3 is 85.0 Å².